The number of halogens is 3. The molecule has 2 aromatic rings. The minimum Gasteiger partial charge on any atom is -0.366 e. The molecule has 30 heavy (non-hydrogen) atoms. The lowest BCUT2D eigenvalue weighted by molar-refractivity contribution is -0.384. The van der Waals surface area contributed by atoms with Crippen molar-refractivity contribution in [3.05, 3.63) is 52.2 Å². The summed E-state index contributed by atoms with van der Waals surface area (Å²) < 4.78 is 38.6. The maximum Gasteiger partial charge on any atom is 0.416 e. The molecular weight excluding hydrogens is 421 g/mol. The SMILES string of the molecule is CSc1ccc(NC(=O)C2CCN(c3ccc(C(F)(F)F)cc3[N+](=O)[O-])CC2)cn1. The highest BCUT2D eigenvalue weighted by atomic mass is 32.2. The number of piperidine rings is 1. The number of alkyl halides is 3. The Hall–Kier alpha value is -2.82. The Balaban J connectivity index is 1.66. The number of aromatic nitrogens is 1. The molecule has 1 aliphatic heterocycles. The predicted molar refractivity (Wildman–Crippen MR) is 108 cm³/mol. The van der Waals surface area contributed by atoms with Gasteiger partial charge >= 0.3 is 6.18 Å². The fraction of sp³-hybridized carbons (Fsp3) is 0.368. The van der Waals surface area contributed by atoms with Gasteiger partial charge in [-0.3, -0.25) is 14.9 Å². The van der Waals surface area contributed by atoms with Gasteiger partial charge in [0, 0.05) is 25.1 Å². The van der Waals surface area contributed by atoms with Gasteiger partial charge in [0.2, 0.25) is 5.91 Å². The van der Waals surface area contributed by atoms with Gasteiger partial charge in [-0.05, 0) is 43.4 Å². The van der Waals surface area contributed by atoms with Crippen LogP contribution in [0.3, 0.4) is 0 Å². The van der Waals surface area contributed by atoms with Crippen LogP contribution < -0.4 is 10.2 Å². The average Bonchev–Trinajstić information content (AvgIpc) is 2.73. The van der Waals surface area contributed by atoms with Gasteiger partial charge in [0.15, 0.2) is 0 Å². The molecule has 160 valence electrons. The van der Waals surface area contributed by atoms with E-state index in [-0.39, 0.29) is 17.5 Å². The lowest BCUT2D eigenvalue weighted by Gasteiger charge is -2.32. The summed E-state index contributed by atoms with van der Waals surface area (Å²) in [5, 5.41) is 14.9. The van der Waals surface area contributed by atoms with E-state index in [4.69, 9.17) is 0 Å². The number of anilines is 2. The molecule has 0 unspecified atom stereocenters. The van der Waals surface area contributed by atoms with Gasteiger partial charge in [-0.1, -0.05) is 0 Å². The first-order valence-corrected chi connectivity index (χ1v) is 10.3. The molecule has 1 aromatic heterocycles. The van der Waals surface area contributed by atoms with Crippen molar-refractivity contribution in [2.45, 2.75) is 24.0 Å². The number of carbonyl (C=O) groups is 1. The lowest BCUT2D eigenvalue weighted by atomic mass is 9.95. The molecule has 1 aliphatic rings. The maximum absolute atomic E-state index is 12.9. The summed E-state index contributed by atoms with van der Waals surface area (Å²) in [6, 6.07) is 6.08. The molecule has 0 saturated carbocycles. The first kappa shape index (κ1) is 21.9. The van der Waals surface area contributed by atoms with E-state index in [0.29, 0.717) is 37.7 Å². The van der Waals surface area contributed by atoms with Crippen molar-refractivity contribution < 1.29 is 22.9 Å². The molecule has 3 rings (SSSR count). The van der Waals surface area contributed by atoms with E-state index in [2.05, 4.69) is 10.3 Å². The highest BCUT2D eigenvalue weighted by Gasteiger charge is 2.34. The quantitative estimate of drug-likeness (QED) is 0.416. The molecule has 0 atom stereocenters. The molecule has 1 saturated heterocycles. The number of benzene rings is 1. The minimum atomic E-state index is -4.66. The maximum atomic E-state index is 12.9. The third kappa shape index (κ3) is 5.02. The van der Waals surface area contributed by atoms with E-state index in [1.54, 1.807) is 23.2 Å². The van der Waals surface area contributed by atoms with E-state index in [1.165, 1.54) is 11.8 Å². The van der Waals surface area contributed by atoms with Crippen molar-refractivity contribution in [1.29, 1.82) is 0 Å². The molecule has 11 heteroatoms. The van der Waals surface area contributed by atoms with Crippen LogP contribution in [0.5, 0.6) is 0 Å². The van der Waals surface area contributed by atoms with Crippen LogP contribution in [0.15, 0.2) is 41.6 Å². The molecule has 1 aromatic carbocycles. The molecule has 0 radical (unpaired) electrons. The number of thioether (sulfide) groups is 1. The summed E-state index contributed by atoms with van der Waals surface area (Å²) in [7, 11) is 0. The zero-order valence-electron chi connectivity index (χ0n) is 16.0. The van der Waals surface area contributed by atoms with Crippen molar-refractivity contribution in [3.8, 4) is 0 Å². The molecule has 1 fully saturated rings. The van der Waals surface area contributed by atoms with Crippen LogP contribution in [-0.4, -0.2) is 35.2 Å². The molecule has 0 bridgehead atoms. The number of hydrogen-bond donors (Lipinski definition) is 1. The molecule has 1 N–H and O–H groups in total. The summed E-state index contributed by atoms with van der Waals surface area (Å²) in [4.78, 5) is 28.8. The summed E-state index contributed by atoms with van der Waals surface area (Å²) in [5.74, 6) is -0.467. The van der Waals surface area contributed by atoms with Crippen LogP contribution in [0, 0.1) is 16.0 Å². The normalized spacial score (nSPS) is 15.1. The number of pyridine rings is 1. The molecule has 0 aliphatic carbocycles. The van der Waals surface area contributed by atoms with Crippen molar-refractivity contribution in [1.82, 2.24) is 4.98 Å². The number of nitrogens with zero attached hydrogens (tertiary/aromatic N) is 3. The number of carbonyl (C=O) groups excluding carboxylic acids is 1. The number of rotatable bonds is 5. The first-order valence-electron chi connectivity index (χ1n) is 9.10. The van der Waals surface area contributed by atoms with Crippen LogP contribution in [0.2, 0.25) is 0 Å². The Kier molecular flexibility index (Phi) is 6.49. The smallest absolute Gasteiger partial charge is 0.366 e. The van der Waals surface area contributed by atoms with E-state index in [9.17, 15) is 28.1 Å². The van der Waals surface area contributed by atoms with Gasteiger partial charge in [0.05, 0.1) is 27.4 Å². The van der Waals surface area contributed by atoms with Crippen molar-refractivity contribution in [2.24, 2.45) is 5.92 Å². The van der Waals surface area contributed by atoms with Crippen molar-refractivity contribution >= 4 is 34.7 Å². The van der Waals surface area contributed by atoms with E-state index < -0.39 is 22.4 Å². The Morgan fingerprint density at radius 2 is 1.97 bits per heavy atom. The largest absolute Gasteiger partial charge is 0.416 e. The van der Waals surface area contributed by atoms with Gasteiger partial charge in [-0.25, -0.2) is 4.98 Å². The second-order valence-electron chi connectivity index (χ2n) is 6.80. The molecular formula is C19H19F3N4O3S. The standard InChI is InChI=1S/C19H19F3N4O3S/c1-30-17-5-3-14(11-23-17)24-18(27)12-6-8-25(9-7-12)15-4-2-13(19(20,21)22)10-16(15)26(28)29/h2-5,10-12H,6-9H2,1H3,(H,24,27). The van der Waals surface area contributed by atoms with Gasteiger partial charge in [-0.2, -0.15) is 13.2 Å². The van der Waals surface area contributed by atoms with Crippen LogP contribution in [0.1, 0.15) is 18.4 Å². The van der Waals surface area contributed by atoms with Crippen molar-refractivity contribution in [3.63, 3.8) is 0 Å². The van der Waals surface area contributed by atoms with Gasteiger partial charge in [0.1, 0.15) is 5.69 Å². The molecule has 1 amide bonds. The average molecular weight is 440 g/mol. The van der Waals surface area contributed by atoms with E-state index in [1.807, 2.05) is 6.26 Å². The number of nitro groups is 1. The van der Waals surface area contributed by atoms with Crippen LogP contribution in [-0.2, 0) is 11.0 Å². The zero-order chi connectivity index (χ0) is 21.9. The summed E-state index contributed by atoms with van der Waals surface area (Å²) in [6.07, 6.45) is -0.322. The third-order valence-electron chi connectivity index (χ3n) is 4.92. The number of amides is 1. The van der Waals surface area contributed by atoms with Gasteiger partial charge in [-0.15, -0.1) is 11.8 Å². The Bertz CT molecular complexity index is 930. The summed E-state index contributed by atoms with van der Waals surface area (Å²) in [6.45, 7) is 0.655. The van der Waals surface area contributed by atoms with Gasteiger partial charge in [0.25, 0.3) is 5.69 Å². The number of nitrogens with one attached hydrogen (secondary N) is 1. The van der Waals surface area contributed by atoms with Gasteiger partial charge < -0.3 is 10.2 Å². The fourth-order valence-electron chi connectivity index (χ4n) is 3.32. The molecule has 2 heterocycles. The second kappa shape index (κ2) is 8.90. The highest BCUT2D eigenvalue weighted by Crippen LogP contribution is 2.37. The van der Waals surface area contributed by atoms with E-state index >= 15 is 0 Å². The number of nitro benzene ring substituents is 1. The van der Waals surface area contributed by atoms with Crippen LogP contribution >= 0.6 is 11.8 Å². The third-order valence-corrected chi connectivity index (χ3v) is 5.58. The van der Waals surface area contributed by atoms with E-state index in [0.717, 1.165) is 17.2 Å². The first-order chi connectivity index (χ1) is 14.2. The van der Waals surface area contributed by atoms with Crippen LogP contribution in [0.4, 0.5) is 30.2 Å². The number of hydrogen-bond acceptors (Lipinski definition) is 6. The predicted octanol–water partition coefficient (Wildman–Crippen LogP) is 4.59. The minimum absolute atomic E-state index is 0.128. The summed E-state index contributed by atoms with van der Waals surface area (Å²) >= 11 is 1.49. The lowest BCUT2D eigenvalue weighted by Crippen LogP contribution is -2.38. The second-order valence-corrected chi connectivity index (χ2v) is 7.62. The Labute approximate surface area is 174 Å². The molecule has 7 nitrogen and oxygen atoms in total. The summed E-state index contributed by atoms with van der Waals surface area (Å²) in [5.41, 5.74) is -0.941. The highest BCUT2D eigenvalue weighted by molar-refractivity contribution is 7.98. The topological polar surface area (TPSA) is 88.4 Å². The zero-order valence-corrected chi connectivity index (χ0v) is 16.8. The Morgan fingerprint density at radius 3 is 2.50 bits per heavy atom. The van der Waals surface area contributed by atoms with Crippen LogP contribution in [0.25, 0.3) is 0 Å². The molecule has 0 spiro atoms. The van der Waals surface area contributed by atoms with Crippen molar-refractivity contribution in [2.75, 3.05) is 29.6 Å². The monoisotopic (exact) mass is 440 g/mol. The fourth-order valence-corrected chi connectivity index (χ4v) is 3.68. The Morgan fingerprint density at radius 1 is 1.27 bits per heavy atom.